The van der Waals surface area contributed by atoms with Gasteiger partial charge in [0.1, 0.15) is 5.75 Å². The fraction of sp³-hybridized carbons (Fsp3) is 0.0909. The zero-order valence-corrected chi connectivity index (χ0v) is 8.11. The highest BCUT2D eigenvalue weighted by Crippen LogP contribution is 2.31. The molecular weight excluding hydrogens is 224 g/mol. The Balaban J connectivity index is 3.08. The molecule has 0 bridgehead atoms. The molecule has 0 saturated carbocycles. The summed E-state index contributed by atoms with van der Waals surface area (Å²) in [5.74, 6) is -7.03. The lowest BCUT2D eigenvalue weighted by Crippen LogP contribution is -1.99. The van der Waals surface area contributed by atoms with Crippen LogP contribution in [0, 0.1) is 30.2 Å². The minimum Gasteiger partial charge on any atom is -0.508 e. The van der Waals surface area contributed by atoms with Crippen molar-refractivity contribution >= 4 is 10.8 Å². The number of phenolic OH excluding ortho intramolecular Hbond substituents is 1. The standard InChI is InChI=1S/C11H6F4O/c1-4-2-5(16)3-6-7(4)9(13)11(15)10(14)8(6)12/h2-3,16H,1H3. The van der Waals surface area contributed by atoms with E-state index in [1.165, 1.54) is 6.92 Å². The Labute approximate surface area is 87.9 Å². The van der Waals surface area contributed by atoms with Crippen molar-refractivity contribution in [3.8, 4) is 5.75 Å². The van der Waals surface area contributed by atoms with Crippen LogP contribution in [0.3, 0.4) is 0 Å². The summed E-state index contributed by atoms with van der Waals surface area (Å²) < 4.78 is 52.5. The van der Waals surface area contributed by atoms with Crippen LogP contribution in [0.1, 0.15) is 5.56 Å². The van der Waals surface area contributed by atoms with Crippen molar-refractivity contribution in [2.24, 2.45) is 0 Å². The van der Waals surface area contributed by atoms with Gasteiger partial charge in [-0.2, -0.15) is 0 Å². The summed E-state index contributed by atoms with van der Waals surface area (Å²) in [6, 6.07) is 1.99. The van der Waals surface area contributed by atoms with E-state index in [-0.39, 0.29) is 16.7 Å². The summed E-state index contributed by atoms with van der Waals surface area (Å²) in [6.45, 7) is 1.36. The summed E-state index contributed by atoms with van der Waals surface area (Å²) in [4.78, 5) is 0. The van der Waals surface area contributed by atoms with Gasteiger partial charge in [-0.3, -0.25) is 0 Å². The molecule has 0 heterocycles. The van der Waals surface area contributed by atoms with Crippen LogP contribution in [-0.4, -0.2) is 5.11 Å². The molecular formula is C11H6F4O. The number of aryl methyl sites for hydroxylation is 1. The highest BCUT2D eigenvalue weighted by molar-refractivity contribution is 5.88. The van der Waals surface area contributed by atoms with E-state index in [2.05, 4.69) is 0 Å². The maximum atomic E-state index is 13.4. The van der Waals surface area contributed by atoms with Gasteiger partial charge in [-0.25, -0.2) is 17.6 Å². The Morgan fingerprint density at radius 2 is 1.44 bits per heavy atom. The Morgan fingerprint density at radius 3 is 2.06 bits per heavy atom. The zero-order valence-electron chi connectivity index (χ0n) is 8.11. The molecule has 0 spiro atoms. The minimum absolute atomic E-state index is 0.130. The molecule has 0 unspecified atom stereocenters. The number of phenols is 1. The molecule has 0 aliphatic heterocycles. The highest BCUT2D eigenvalue weighted by atomic mass is 19.2. The van der Waals surface area contributed by atoms with Crippen LogP contribution in [0.5, 0.6) is 5.75 Å². The number of fused-ring (bicyclic) bond motifs is 1. The predicted molar refractivity (Wildman–Crippen MR) is 50.2 cm³/mol. The number of rotatable bonds is 0. The van der Waals surface area contributed by atoms with E-state index < -0.39 is 28.7 Å². The van der Waals surface area contributed by atoms with E-state index in [4.69, 9.17) is 0 Å². The van der Waals surface area contributed by atoms with Crippen LogP contribution < -0.4 is 0 Å². The van der Waals surface area contributed by atoms with Crippen LogP contribution in [0.2, 0.25) is 0 Å². The summed E-state index contributed by atoms with van der Waals surface area (Å²) >= 11 is 0. The van der Waals surface area contributed by atoms with Gasteiger partial charge in [0, 0.05) is 10.8 Å². The first-order chi connectivity index (χ1) is 7.43. The summed E-state index contributed by atoms with van der Waals surface area (Å²) in [6.07, 6.45) is 0. The van der Waals surface area contributed by atoms with Gasteiger partial charge in [0.15, 0.2) is 23.3 Å². The van der Waals surface area contributed by atoms with Crippen molar-refractivity contribution in [3.63, 3.8) is 0 Å². The van der Waals surface area contributed by atoms with Gasteiger partial charge in [0.2, 0.25) is 0 Å². The van der Waals surface area contributed by atoms with Crippen LogP contribution in [0.15, 0.2) is 12.1 Å². The molecule has 2 rings (SSSR count). The maximum absolute atomic E-state index is 13.4. The largest absolute Gasteiger partial charge is 0.508 e. The fourth-order valence-corrected chi connectivity index (χ4v) is 1.65. The second kappa shape index (κ2) is 3.37. The van der Waals surface area contributed by atoms with Crippen molar-refractivity contribution in [2.45, 2.75) is 6.92 Å². The molecule has 5 heteroatoms. The van der Waals surface area contributed by atoms with Gasteiger partial charge in [0.05, 0.1) is 0 Å². The van der Waals surface area contributed by atoms with Crippen molar-refractivity contribution in [3.05, 3.63) is 41.0 Å². The van der Waals surface area contributed by atoms with Crippen LogP contribution in [0.25, 0.3) is 10.8 Å². The molecule has 2 aromatic rings. The molecule has 0 aliphatic rings. The SMILES string of the molecule is Cc1cc(O)cc2c(F)c(F)c(F)c(F)c12. The second-order valence-corrected chi connectivity index (χ2v) is 3.44. The van der Waals surface area contributed by atoms with Gasteiger partial charge in [-0.1, -0.05) is 0 Å². The quantitative estimate of drug-likeness (QED) is 0.417. The average Bonchev–Trinajstić information content (AvgIpc) is 2.22. The van der Waals surface area contributed by atoms with Crippen LogP contribution in [0.4, 0.5) is 17.6 Å². The zero-order chi connectivity index (χ0) is 12.0. The van der Waals surface area contributed by atoms with E-state index >= 15 is 0 Å². The first-order valence-electron chi connectivity index (χ1n) is 4.38. The van der Waals surface area contributed by atoms with E-state index in [1.807, 2.05) is 0 Å². The minimum atomic E-state index is -1.88. The van der Waals surface area contributed by atoms with Gasteiger partial charge < -0.3 is 5.11 Å². The van der Waals surface area contributed by atoms with E-state index in [1.54, 1.807) is 0 Å². The van der Waals surface area contributed by atoms with E-state index in [9.17, 15) is 22.7 Å². The Bertz CT molecular complexity index is 593. The normalized spacial score (nSPS) is 11.1. The number of halogens is 4. The Morgan fingerprint density at radius 1 is 0.875 bits per heavy atom. The molecule has 0 fully saturated rings. The Kier molecular flexibility index (Phi) is 2.26. The summed E-state index contributed by atoms with van der Waals surface area (Å²) in [5.41, 5.74) is 0.130. The number of benzene rings is 2. The van der Waals surface area contributed by atoms with Gasteiger partial charge in [-0.05, 0) is 24.6 Å². The fourth-order valence-electron chi connectivity index (χ4n) is 1.65. The predicted octanol–water partition coefficient (Wildman–Crippen LogP) is 3.41. The van der Waals surface area contributed by atoms with Crippen LogP contribution in [-0.2, 0) is 0 Å². The number of hydrogen-bond donors (Lipinski definition) is 1. The first kappa shape index (κ1) is 10.7. The molecule has 2 aromatic carbocycles. The highest BCUT2D eigenvalue weighted by Gasteiger charge is 2.21. The molecule has 0 atom stereocenters. The van der Waals surface area contributed by atoms with E-state index in [0.717, 1.165) is 12.1 Å². The molecule has 0 aliphatic carbocycles. The molecule has 84 valence electrons. The third kappa shape index (κ3) is 1.31. The van der Waals surface area contributed by atoms with Crippen molar-refractivity contribution < 1.29 is 22.7 Å². The molecule has 0 amide bonds. The molecule has 1 N–H and O–H groups in total. The van der Waals surface area contributed by atoms with Crippen molar-refractivity contribution in [1.29, 1.82) is 0 Å². The lowest BCUT2D eigenvalue weighted by Gasteiger charge is -2.07. The third-order valence-electron chi connectivity index (χ3n) is 2.35. The average molecular weight is 230 g/mol. The first-order valence-corrected chi connectivity index (χ1v) is 4.38. The third-order valence-corrected chi connectivity index (χ3v) is 2.35. The van der Waals surface area contributed by atoms with Crippen LogP contribution >= 0.6 is 0 Å². The Hall–Kier alpha value is -1.78. The van der Waals surface area contributed by atoms with Gasteiger partial charge in [-0.15, -0.1) is 0 Å². The summed E-state index contributed by atoms with van der Waals surface area (Å²) in [5, 5.41) is 8.34. The molecule has 0 saturated heterocycles. The second-order valence-electron chi connectivity index (χ2n) is 3.44. The lowest BCUT2D eigenvalue weighted by molar-refractivity contribution is 0.417. The molecule has 0 radical (unpaired) electrons. The number of aromatic hydroxyl groups is 1. The topological polar surface area (TPSA) is 20.2 Å². The number of hydrogen-bond acceptors (Lipinski definition) is 1. The van der Waals surface area contributed by atoms with Crippen molar-refractivity contribution in [1.82, 2.24) is 0 Å². The van der Waals surface area contributed by atoms with E-state index in [0.29, 0.717) is 0 Å². The molecule has 16 heavy (non-hydrogen) atoms. The molecule has 0 aromatic heterocycles. The molecule has 1 nitrogen and oxygen atoms in total. The van der Waals surface area contributed by atoms with Gasteiger partial charge in [0.25, 0.3) is 0 Å². The monoisotopic (exact) mass is 230 g/mol. The lowest BCUT2D eigenvalue weighted by atomic mass is 10.0. The maximum Gasteiger partial charge on any atom is 0.198 e. The smallest absolute Gasteiger partial charge is 0.198 e. The van der Waals surface area contributed by atoms with Crippen molar-refractivity contribution in [2.75, 3.05) is 0 Å². The van der Waals surface area contributed by atoms with Gasteiger partial charge >= 0.3 is 0 Å². The summed E-state index contributed by atoms with van der Waals surface area (Å²) in [7, 11) is 0.